The third kappa shape index (κ3) is 1.98. The van der Waals surface area contributed by atoms with E-state index < -0.39 is 0 Å². The molecular weight excluding hydrogens is 250 g/mol. The summed E-state index contributed by atoms with van der Waals surface area (Å²) in [7, 11) is 0. The Morgan fingerprint density at radius 2 is 1.60 bits per heavy atom. The van der Waals surface area contributed by atoms with Crippen LogP contribution >= 0.6 is 0 Å². The van der Waals surface area contributed by atoms with Crippen LogP contribution in [0, 0.1) is 0 Å². The summed E-state index contributed by atoms with van der Waals surface area (Å²) in [5, 5.41) is 2.37. The highest BCUT2D eigenvalue weighted by Gasteiger charge is 2.11. The Kier molecular flexibility index (Phi) is 3.28. The molecule has 0 radical (unpaired) electrons. The van der Waals surface area contributed by atoms with Crippen LogP contribution in [0.25, 0.3) is 21.8 Å². The number of allylic oxidation sites excluding steroid dienone is 1. The number of fused-ring (bicyclic) bond motifs is 3. The number of rotatable bonds is 4. The van der Waals surface area contributed by atoms with E-state index in [1.165, 1.54) is 10.8 Å². The maximum Gasteiger partial charge on any atom is 0.199 e. The van der Waals surface area contributed by atoms with E-state index in [9.17, 15) is 4.79 Å². The van der Waals surface area contributed by atoms with E-state index in [-0.39, 0.29) is 0 Å². The maximum absolute atomic E-state index is 11.0. The second-order valence-electron chi connectivity index (χ2n) is 4.58. The van der Waals surface area contributed by atoms with Gasteiger partial charge in [0.05, 0.1) is 13.2 Å². The average Bonchev–Trinajstić information content (AvgIpc) is 2.82. The van der Waals surface area contributed by atoms with E-state index in [0.717, 1.165) is 11.0 Å². The van der Waals surface area contributed by atoms with Gasteiger partial charge in [-0.05, 0) is 19.1 Å². The molecule has 0 unspecified atom stereocenters. The molecule has 0 saturated carbocycles. The predicted molar refractivity (Wildman–Crippen MR) is 80.3 cm³/mol. The Hall–Kier alpha value is -2.51. The third-order valence-corrected chi connectivity index (χ3v) is 3.41. The van der Waals surface area contributed by atoms with E-state index >= 15 is 0 Å². The summed E-state index contributed by atoms with van der Waals surface area (Å²) in [5.41, 5.74) is 2.20. The molecule has 2 aromatic carbocycles. The summed E-state index contributed by atoms with van der Waals surface area (Å²) in [5.74, 6) is 2.23. The topological polar surface area (TPSA) is 31.2 Å². The van der Waals surface area contributed by atoms with E-state index in [4.69, 9.17) is 4.74 Å². The van der Waals surface area contributed by atoms with Crippen LogP contribution in [0.2, 0.25) is 0 Å². The van der Waals surface area contributed by atoms with Gasteiger partial charge in [0, 0.05) is 21.8 Å². The molecule has 0 bridgehead atoms. The van der Waals surface area contributed by atoms with Crippen LogP contribution in [0.5, 0.6) is 0 Å². The van der Waals surface area contributed by atoms with Crippen molar-refractivity contribution in [2.45, 2.75) is 13.5 Å². The van der Waals surface area contributed by atoms with E-state index in [1.54, 1.807) is 0 Å². The molecule has 20 heavy (non-hydrogen) atoms. The molecule has 100 valence electrons. The van der Waals surface area contributed by atoms with Crippen molar-refractivity contribution in [3.63, 3.8) is 0 Å². The van der Waals surface area contributed by atoms with Gasteiger partial charge in [-0.3, -0.25) is 0 Å². The highest BCUT2D eigenvalue weighted by molar-refractivity contribution is 6.08. The number of carbonyl (C=O) groups excluding carboxylic acids is 1. The summed E-state index contributed by atoms with van der Waals surface area (Å²) in [6.45, 7) is 2.75. The standard InChI is InChI=1S/C17H15NO2/c1-2-20-13(12-19)11-18-16-9-5-3-7-14(16)15-8-4-6-10-17(15)18/h3-10H,2,11H2,1H3. The summed E-state index contributed by atoms with van der Waals surface area (Å²) < 4.78 is 7.43. The van der Waals surface area contributed by atoms with Gasteiger partial charge in [0.25, 0.3) is 0 Å². The largest absolute Gasteiger partial charge is 0.485 e. The number of ether oxygens (including phenoxy) is 1. The Morgan fingerprint density at radius 3 is 2.10 bits per heavy atom. The molecule has 3 heteroatoms. The fraction of sp³-hybridized carbons (Fsp3) is 0.176. The molecule has 0 aliphatic carbocycles. The minimum Gasteiger partial charge on any atom is -0.485 e. The molecule has 0 atom stereocenters. The first kappa shape index (κ1) is 12.5. The van der Waals surface area contributed by atoms with Gasteiger partial charge in [-0.25, -0.2) is 4.79 Å². The highest BCUT2D eigenvalue weighted by atomic mass is 16.5. The fourth-order valence-electron chi connectivity index (χ4n) is 2.60. The maximum atomic E-state index is 11.0. The van der Waals surface area contributed by atoms with Crippen molar-refractivity contribution in [3.8, 4) is 0 Å². The molecule has 1 heterocycles. The van der Waals surface area contributed by atoms with Gasteiger partial charge in [-0.15, -0.1) is 0 Å². The molecule has 1 aromatic heterocycles. The van der Waals surface area contributed by atoms with Crippen LogP contribution < -0.4 is 0 Å². The van der Waals surface area contributed by atoms with Crippen LogP contribution in [0.15, 0.2) is 54.3 Å². The lowest BCUT2D eigenvalue weighted by atomic mass is 10.2. The molecule has 0 N–H and O–H groups in total. The quantitative estimate of drug-likeness (QED) is 0.533. The molecule has 3 aromatic rings. The smallest absolute Gasteiger partial charge is 0.199 e. The van der Waals surface area contributed by atoms with Crippen LogP contribution in [-0.2, 0) is 16.1 Å². The van der Waals surface area contributed by atoms with Crippen LogP contribution in [0.4, 0.5) is 0 Å². The lowest BCUT2D eigenvalue weighted by Crippen LogP contribution is -2.04. The number of hydrogen-bond acceptors (Lipinski definition) is 2. The van der Waals surface area contributed by atoms with Gasteiger partial charge in [0.15, 0.2) is 11.7 Å². The molecule has 0 aliphatic rings. The second kappa shape index (κ2) is 5.24. The molecule has 3 nitrogen and oxygen atoms in total. The Labute approximate surface area is 117 Å². The molecular formula is C17H15NO2. The minimum absolute atomic E-state index is 0.332. The van der Waals surface area contributed by atoms with Crippen LogP contribution in [0.3, 0.4) is 0 Å². The second-order valence-corrected chi connectivity index (χ2v) is 4.58. The van der Waals surface area contributed by atoms with Gasteiger partial charge in [0.1, 0.15) is 0 Å². The first-order valence-electron chi connectivity index (χ1n) is 6.68. The van der Waals surface area contributed by atoms with Crippen molar-refractivity contribution in [1.29, 1.82) is 0 Å². The summed E-state index contributed by atoms with van der Waals surface area (Å²) in [4.78, 5) is 11.0. The highest BCUT2D eigenvalue weighted by Crippen LogP contribution is 2.29. The van der Waals surface area contributed by atoms with Gasteiger partial charge in [-0.2, -0.15) is 0 Å². The average molecular weight is 265 g/mol. The normalized spacial score (nSPS) is 10.7. The molecule has 0 aliphatic heterocycles. The van der Waals surface area contributed by atoms with Crippen LogP contribution in [-0.4, -0.2) is 17.1 Å². The SMILES string of the molecule is CCOC(=C=O)Cn1c2ccccc2c2ccccc21. The van der Waals surface area contributed by atoms with Crippen LogP contribution in [0.1, 0.15) is 6.92 Å². The Balaban J connectivity index is 2.24. The monoisotopic (exact) mass is 265 g/mol. The van der Waals surface area contributed by atoms with Crippen molar-refractivity contribution in [3.05, 3.63) is 54.3 Å². The van der Waals surface area contributed by atoms with Gasteiger partial charge in [-0.1, -0.05) is 36.4 Å². The van der Waals surface area contributed by atoms with Crippen molar-refractivity contribution in [2.75, 3.05) is 6.61 Å². The lowest BCUT2D eigenvalue weighted by Gasteiger charge is -2.08. The fourth-order valence-corrected chi connectivity index (χ4v) is 2.60. The number of hydrogen-bond donors (Lipinski definition) is 0. The Bertz CT molecular complexity index is 757. The van der Waals surface area contributed by atoms with Crippen molar-refractivity contribution in [1.82, 2.24) is 4.57 Å². The number of aromatic nitrogens is 1. The Morgan fingerprint density at radius 1 is 1.05 bits per heavy atom. The first-order chi connectivity index (χ1) is 9.85. The number of nitrogens with zero attached hydrogens (tertiary/aromatic N) is 1. The molecule has 3 rings (SSSR count). The van der Waals surface area contributed by atoms with Gasteiger partial charge < -0.3 is 9.30 Å². The zero-order chi connectivity index (χ0) is 13.9. The van der Waals surface area contributed by atoms with Crippen molar-refractivity contribution in [2.24, 2.45) is 0 Å². The molecule has 0 saturated heterocycles. The van der Waals surface area contributed by atoms with E-state index in [1.807, 2.05) is 37.1 Å². The van der Waals surface area contributed by atoms with Gasteiger partial charge >= 0.3 is 0 Å². The van der Waals surface area contributed by atoms with E-state index in [2.05, 4.69) is 28.8 Å². The number of benzene rings is 2. The molecule has 0 amide bonds. The molecule has 0 fully saturated rings. The van der Waals surface area contributed by atoms with Gasteiger partial charge in [0.2, 0.25) is 0 Å². The zero-order valence-electron chi connectivity index (χ0n) is 11.3. The zero-order valence-corrected chi connectivity index (χ0v) is 11.3. The minimum atomic E-state index is 0.332. The first-order valence-corrected chi connectivity index (χ1v) is 6.68. The lowest BCUT2D eigenvalue weighted by molar-refractivity contribution is 0.218. The van der Waals surface area contributed by atoms with E-state index in [0.29, 0.717) is 18.9 Å². The predicted octanol–water partition coefficient (Wildman–Crippen LogP) is 3.55. The van der Waals surface area contributed by atoms with Crippen molar-refractivity contribution < 1.29 is 9.53 Å². The summed E-state index contributed by atoms with van der Waals surface area (Å²) >= 11 is 0. The summed E-state index contributed by atoms with van der Waals surface area (Å²) in [6.07, 6.45) is 0. The summed E-state index contributed by atoms with van der Waals surface area (Å²) in [6, 6.07) is 16.4. The van der Waals surface area contributed by atoms with Crippen molar-refractivity contribution >= 4 is 27.7 Å². The third-order valence-electron chi connectivity index (χ3n) is 3.41. The number of para-hydroxylation sites is 2. The molecule has 0 spiro atoms.